The predicted molar refractivity (Wildman–Crippen MR) is 65.3 cm³/mol. The van der Waals surface area contributed by atoms with Crippen LogP contribution in [-0.4, -0.2) is 13.1 Å². The molecule has 2 rings (SSSR count). The summed E-state index contributed by atoms with van der Waals surface area (Å²) in [4.78, 5) is 0. The standard InChI is InChI=1S/C13H17ClFN/c1-13(5-6-13)12(16-2)8-9-7-10(15)3-4-11(9)14/h3-4,7,12,16H,5-6,8H2,1-2H3. The lowest BCUT2D eigenvalue weighted by atomic mass is 9.92. The van der Waals surface area contributed by atoms with E-state index in [1.165, 1.54) is 18.9 Å². The van der Waals surface area contributed by atoms with Gasteiger partial charge in [0.15, 0.2) is 0 Å². The van der Waals surface area contributed by atoms with Gasteiger partial charge in [0, 0.05) is 11.1 Å². The molecule has 0 heterocycles. The van der Waals surface area contributed by atoms with Gasteiger partial charge in [-0.15, -0.1) is 0 Å². The highest BCUT2D eigenvalue weighted by atomic mass is 35.5. The van der Waals surface area contributed by atoms with Crippen molar-refractivity contribution in [1.82, 2.24) is 5.32 Å². The van der Waals surface area contributed by atoms with Crippen molar-refractivity contribution >= 4 is 11.6 Å². The maximum atomic E-state index is 13.1. The van der Waals surface area contributed by atoms with Gasteiger partial charge in [0.25, 0.3) is 0 Å². The van der Waals surface area contributed by atoms with Gasteiger partial charge in [0.2, 0.25) is 0 Å². The van der Waals surface area contributed by atoms with Crippen LogP contribution in [0.15, 0.2) is 18.2 Å². The number of nitrogens with one attached hydrogen (secondary N) is 1. The lowest BCUT2D eigenvalue weighted by molar-refractivity contribution is 0.376. The molecule has 1 aromatic rings. The zero-order chi connectivity index (χ0) is 11.8. The van der Waals surface area contributed by atoms with Crippen LogP contribution < -0.4 is 5.32 Å². The third-order valence-corrected chi connectivity index (χ3v) is 4.03. The second kappa shape index (κ2) is 4.34. The number of hydrogen-bond donors (Lipinski definition) is 1. The highest BCUT2D eigenvalue weighted by Gasteiger charge is 2.44. The Hall–Kier alpha value is -0.600. The maximum Gasteiger partial charge on any atom is 0.123 e. The van der Waals surface area contributed by atoms with Crippen LogP contribution >= 0.6 is 11.6 Å². The van der Waals surface area contributed by atoms with Crippen LogP contribution in [0.4, 0.5) is 4.39 Å². The Labute approximate surface area is 101 Å². The second-order valence-corrected chi connectivity index (χ2v) is 5.34. The molecule has 0 spiro atoms. The molecule has 1 N–H and O–H groups in total. The Morgan fingerprint density at radius 2 is 2.19 bits per heavy atom. The van der Waals surface area contributed by atoms with Gasteiger partial charge in [-0.2, -0.15) is 0 Å². The third-order valence-electron chi connectivity index (χ3n) is 3.66. The van der Waals surface area contributed by atoms with E-state index in [0.29, 0.717) is 16.5 Å². The van der Waals surface area contributed by atoms with Crippen molar-refractivity contribution in [2.24, 2.45) is 5.41 Å². The van der Waals surface area contributed by atoms with Crippen molar-refractivity contribution in [2.75, 3.05) is 7.05 Å². The molecule has 1 aromatic carbocycles. The van der Waals surface area contributed by atoms with E-state index in [9.17, 15) is 4.39 Å². The molecule has 0 saturated heterocycles. The molecule has 0 amide bonds. The summed E-state index contributed by atoms with van der Waals surface area (Å²) >= 11 is 6.07. The Kier molecular flexibility index (Phi) is 3.22. The van der Waals surface area contributed by atoms with E-state index in [-0.39, 0.29) is 5.82 Å². The molecule has 0 aliphatic heterocycles. The van der Waals surface area contributed by atoms with E-state index < -0.39 is 0 Å². The molecule has 1 saturated carbocycles. The Bertz CT molecular complexity index is 388. The van der Waals surface area contributed by atoms with Gasteiger partial charge in [0.1, 0.15) is 5.82 Å². The number of benzene rings is 1. The lowest BCUT2D eigenvalue weighted by Gasteiger charge is -2.23. The van der Waals surface area contributed by atoms with Crippen LogP contribution in [0.1, 0.15) is 25.3 Å². The first-order chi connectivity index (χ1) is 7.55. The molecule has 1 atom stereocenters. The Balaban J connectivity index is 2.15. The molecule has 16 heavy (non-hydrogen) atoms. The van der Waals surface area contributed by atoms with Gasteiger partial charge < -0.3 is 5.32 Å². The first-order valence-electron chi connectivity index (χ1n) is 5.66. The fourth-order valence-corrected chi connectivity index (χ4v) is 2.36. The molecule has 0 bridgehead atoms. The van der Waals surface area contributed by atoms with Crippen LogP contribution in [0.25, 0.3) is 0 Å². The predicted octanol–water partition coefficient (Wildman–Crippen LogP) is 3.41. The summed E-state index contributed by atoms with van der Waals surface area (Å²) in [5, 5.41) is 3.98. The topological polar surface area (TPSA) is 12.0 Å². The van der Waals surface area contributed by atoms with E-state index in [1.54, 1.807) is 12.1 Å². The Morgan fingerprint density at radius 3 is 2.75 bits per heavy atom. The summed E-state index contributed by atoms with van der Waals surface area (Å²) in [6.45, 7) is 2.27. The quantitative estimate of drug-likeness (QED) is 0.852. The lowest BCUT2D eigenvalue weighted by Crippen LogP contribution is -2.35. The molecule has 3 heteroatoms. The fourth-order valence-electron chi connectivity index (χ4n) is 2.16. The summed E-state index contributed by atoms with van der Waals surface area (Å²) in [5.74, 6) is -0.213. The molecular weight excluding hydrogens is 225 g/mol. The average Bonchev–Trinajstić information content (AvgIpc) is 2.99. The third kappa shape index (κ3) is 2.38. The molecular formula is C13H17ClFN. The summed E-state index contributed by atoms with van der Waals surface area (Å²) in [7, 11) is 1.96. The van der Waals surface area contributed by atoms with Gasteiger partial charge in [-0.05, 0) is 55.5 Å². The van der Waals surface area contributed by atoms with Gasteiger partial charge in [-0.25, -0.2) is 4.39 Å². The van der Waals surface area contributed by atoms with Crippen LogP contribution in [0.5, 0.6) is 0 Å². The summed E-state index contributed by atoms with van der Waals surface area (Å²) < 4.78 is 13.1. The van der Waals surface area contributed by atoms with E-state index in [0.717, 1.165) is 12.0 Å². The van der Waals surface area contributed by atoms with Crippen LogP contribution in [0.3, 0.4) is 0 Å². The van der Waals surface area contributed by atoms with Crippen LogP contribution in [0, 0.1) is 11.2 Å². The molecule has 1 fully saturated rings. The van der Waals surface area contributed by atoms with Gasteiger partial charge in [0.05, 0.1) is 0 Å². The highest BCUT2D eigenvalue weighted by Crippen LogP contribution is 2.49. The molecule has 0 radical (unpaired) electrons. The van der Waals surface area contributed by atoms with E-state index >= 15 is 0 Å². The fraction of sp³-hybridized carbons (Fsp3) is 0.538. The minimum Gasteiger partial charge on any atom is -0.316 e. The van der Waals surface area contributed by atoms with E-state index in [4.69, 9.17) is 11.6 Å². The van der Waals surface area contributed by atoms with Crippen molar-refractivity contribution in [3.8, 4) is 0 Å². The molecule has 1 aliphatic carbocycles. The monoisotopic (exact) mass is 241 g/mol. The number of halogens is 2. The van der Waals surface area contributed by atoms with Gasteiger partial charge >= 0.3 is 0 Å². The zero-order valence-corrected chi connectivity index (χ0v) is 10.4. The average molecular weight is 242 g/mol. The Morgan fingerprint density at radius 1 is 1.50 bits per heavy atom. The van der Waals surface area contributed by atoms with Gasteiger partial charge in [-0.1, -0.05) is 18.5 Å². The number of hydrogen-bond acceptors (Lipinski definition) is 1. The number of likely N-dealkylation sites (N-methyl/N-ethyl adjacent to an activating group) is 1. The molecule has 0 aromatic heterocycles. The summed E-state index contributed by atoms with van der Waals surface area (Å²) in [6.07, 6.45) is 3.28. The molecule has 1 aliphatic rings. The second-order valence-electron chi connectivity index (χ2n) is 4.94. The first kappa shape index (κ1) is 11.9. The smallest absolute Gasteiger partial charge is 0.123 e. The van der Waals surface area contributed by atoms with Crippen LogP contribution in [-0.2, 0) is 6.42 Å². The zero-order valence-electron chi connectivity index (χ0n) is 9.69. The van der Waals surface area contributed by atoms with Gasteiger partial charge in [-0.3, -0.25) is 0 Å². The SMILES string of the molecule is CNC(Cc1cc(F)ccc1Cl)C1(C)CC1. The van der Waals surface area contributed by atoms with Crippen molar-refractivity contribution in [3.05, 3.63) is 34.6 Å². The van der Waals surface area contributed by atoms with Crippen molar-refractivity contribution in [2.45, 2.75) is 32.2 Å². The van der Waals surface area contributed by atoms with Crippen molar-refractivity contribution in [1.29, 1.82) is 0 Å². The van der Waals surface area contributed by atoms with E-state index in [1.807, 2.05) is 7.05 Å². The van der Waals surface area contributed by atoms with E-state index in [2.05, 4.69) is 12.2 Å². The number of rotatable bonds is 4. The summed E-state index contributed by atoms with van der Waals surface area (Å²) in [6, 6.07) is 4.96. The van der Waals surface area contributed by atoms with Crippen molar-refractivity contribution in [3.63, 3.8) is 0 Å². The first-order valence-corrected chi connectivity index (χ1v) is 6.04. The normalized spacial score (nSPS) is 19.5. The molecule has 88 valence electrons. The van der Waals surface area contributed by atoms with Crippen LogP contribution in [0.2, 0.25) is 5.02 Å². The minimum atomic E-state index is -0.213. The summed E-state index contributed by atoms with van der Waals surface area (Å²) in [5.41, 5.74) is 1.26. The minimum absolute atomic E-state index is 0.213. The largest absolute Gasteiger partial charge is 0.316 e. The molecule has 1 unspecified atom stereocenters. The highest BCUT2D eigenvalue weighted by molar-refractivity contribution is 6.31. The van der Waals surface area contributed by atoms with Crippen molar-refractivity contribution < 1.29 is 4.39 Å². The maximum absolute atomic E-state index is 13.1. The molecule has 1 nitrogen and oxygen atoms in total.